The van der Waals surface area contributed by atoms with Crippen LogP contribution in [0.3, 0.4) is 0 Å². The van der Waals surface area contributed by atoms with Gasteiger partial charge < -0.3 is 10.8 Å². The minimum Gasteiger partial charge on any atom is -0.394 e. The lowest BCUT2D eigenvalue weighted by Crippen LogP contribution is -2.07. The maximum atomic E-state index is 13.3. The van der Waals surface area contributed by atoms with Gasteiger partial charge in [-0.3, -0.25) is 10.1 Å². The van der Waals surface area contributed by atoms with E-state index in [9.17, 15) is 18.9 Å². The molecule has 20 heavy (non-hydrogen) atoms. The maximum absolute atomic E-state index is 13.3. The van der Waals surface area contributed by atoms with Crippen LogP contribution in [0.1, 0.15) is 0 Å². The molecule has 0 radical (unpaired) electrons. The Labute approximate surface area is 111 Å². The van der Waals surface area contributed by atoms with Crippen LogP contribution in [-0.2, 0) is 6.54 Å². The van der Waals surface area contributed by atoms with Crippen molar-refractivity contribution in [3.05, 3.63) is 39.9 Å². The third-order valence-electron chi connectivity index (χ3n) is 2.63. The van der Waals surface area contributed by atoms with Crippen molar-refractivity contribution in [2.24, 2.45) is 0 Å². The summed E-state index contributed by atoms with van der Waals surface area (Å²) in [4.78, 5) is 10.1. The summed E-state index contributed by atoms with van der Waals surface area (Å²) in [6.45, 7) is -0.144. The van der Waals surface area contributed by atoms with Gasteiger partial charge in [-0.2, -0.15) is 5.10 Å². The van der Waals surface area contributed by atoms with Crippen molar-refractivity contribution in [1.29, 1.82) is 0 Å². The third kappa shape index (κ3) is 2.43. The zero-order valence-corrected chi connectivity index (χ0v) is 10.1. The molecule has 0 aliphatic rings. The molecule has 0 aliphatic heterocycles. The van der Waals surface area contributed by atoms with Gasteiger partial charge in [0, 0.05) is 6.07 Å². The highest BCUT2D eigenvalue weighted by Gasteiger charge is 2.22. The van der Waals surface area contributed by atoms with Gasteiger partial charge >= 0.3 is 0 Å². The van der Waals surface area contributed by atoms with E-state index in [1.165, 1.54) is 10.7 Å². The number of benzene rings is 1. The maximum Gasteiger partial charge on any atom is 0.281 e. The Hall–Kier alpha value is -2.55. The molecule has 3 N–H and O–H groups in total. The zero-order valence-electron chi connectivity index (χ0n) is 10.1. The number of nitrogens with two attached hydrogens (primary N) is 1. The lowest BCUT2D eigenvalue weighted by molar-refractivity contribution is -0.384. The second kappa shape index (κ2) is 5.21. The fourth-order valence-corrected chi connectivity index (χ4v) is 1.73. The Morgan fingerprint density at radius 2 is 2.00 bits per heavy atom. The SMILES string of the molecule is Nc1cc(-c2cc(F)c(F)cc2[N+](=O)[O-])nn1CCO. The van der Waals surface area contributed by atoms with E-state index >= 15 is 0 Å². The summed E-state index contributed by atoms with van der Waals surface area (Å²) in [5, 5.41) is 23.6. The van der Waals surface area contributed by atoms with Crippen molar-refractivity contribution in [3.63, 3.8) is 0 Å². The highest BCUT2D eigenvalue weighted by molar-refractivity contribution is 5.72. The first kappa shape index (κ1) is 13.9. The average Bonchev–Trinajstić information content (AvgIpc) is 2.74. The van der Waals surface area contributed by atoms with Gasteiger partial charge in [-0.1, -0.05) is 0 Å². The summed E-state index contributed by atoms with van der Waals surface area (Å²) in [6, 6.07) is 2.47. The topological polar surface area (TPSA) is 107 Å². The van der Waals surface area contributed by atoms with E-state index in [0.29, 0.717) is 12.1 Å². The summed E-state index contributed by atoms with van der Waals surface area (Å²) < 4.78 is 27.5. The van der Waals surface area contributed by atoms with Gasteiger partial charge in [0.1, 0.15) is 11.5 Å². The van der Waals surface area contributed by atoms with E-state index in [2.05, 4.69) is 5.10 Å². The second-order valence-corrected chi connectivity index (χ2v) is 3.94. The summed E-state index contributed by atoms with van der Waals surface area (Å²) >= 11 is 0. The van der Waals surface area contributed by atoms with Gasteiger partial charge in [-0.25, -0.2) is 13.5 Å². The van der Waals surface area contributed by atoms with Crippen molar-refractivity contribution in [3.8, 4) is 11.3 Å². The molecule has 0 aliphatic carbocycles. The van der Waals surface area contributed by atoms with Crippen LogP contribution in [0.25, 0.3) is 11.3 Å². The van der Waals surface area contributed by atoms with Crippen LogP contribution in [0.4, 0.5) is 20.3 Å². The lowest BCUT2D eigenvalue weighted by Gasteiger charge is -2.01. The van der Waals surface area contributed by atoms with Crippen LogP contribution >= 0.6 is 0 Å². The van der Waals surface area contributed by atoms with Gasteiger partial charge in [0.25, 0.3) is 5.69 Å². The zero-order chi connectivity index (χ0) is 14.9. The Morgan fingerprint density at radius 1 is 1.35 bits per heavy atom. The van der Waals surface area contributed by atoms with Gasteiger partial charge in [-0.15, -0.1) is 0 Å². The summed E-state index contributed by atoms with van der Waals surface area (Å²) in [6.07, 6.45) is 0. The summed E-state index contributed by atoms with van der Waals surface area (Å²) in [5.41, 5.74) is 4.84. The normalized spacial score (nSPS) is 10.8. The minimum absolute atomic E-state index is 0.0292. The van der Waals surface area contributed by atoms with Crippen LogP contribution in [-0.4, -0.2) is 26.4 Å². The first-order valence-electron chi connectivity index (χ1n) is 5.52. The number of nitrogens with zero attached hydrogens (tertiary/aromatic N) is 3. The molecular weight excluding hydrogens is 274 g/mol. The average molecular weight is 284 g/mol. The molecule has 0 fully saturated rings. The van der Waals surface area contributed by atoms with Gasteiger partial charge in [-0.05, 0) is 6.07 Å². The molecule has 2 aromatic rings. The van der Waals surface area contributed by atoms with E-state index in [-0.39, 0.29) is 30.2 Å². The molecule has 7 nitrogen and oxygen atoms in total. The Kier molecular flexibility index (Phi) is 3.61. The van der Waals surface area contributed by atoms with Crippen LogP contribution in [0.15, 0.2) is 18.2 Å². The van der Waals surface area contributed by atoms with Crippen molar-refractivity contribution >= 4 is 11.5 Å². The molecule has 2 rings (SSSR count). The number of nitro benzene ring substituents is 1. The predicted molar refractivity (Wildman–Crippen MR) is 65.7 cm³/mol. The van der Waals surface area contributed by atoms with Crippen molar-refractivity contribution in [2.75, 3.05) is 12.3 Å². The number of hydrogen-bond donors (Lipinski definition) is 2. The Balaban J connectivity index is 2.59. The standard InChI is InChI=1S/C11H10F2N4O3/c12-7-3-6(10(17(19)20)4-8(7)13)9-5-11(14)16(15-9)1-2-18/h3-5,18H,1-2,14H2. The molecule has 0 saturated carbocycles. The van der Waals surface area contributed by atoms with Crippen LogP contribution in [0.2, 0.25) is 0 Å². The molecule has 0 atom stereocenters. The number of hydrogen-bond acceptors (Lipinski definition) is 5. The molecule has 0 unspecified atom stereocenters. The fourth-order valence-electron chi connectivity index (χ4n) is 1.73. The number of aromatic nitrogens is 2. The molecule has 0 saturated heterocycles. The Morgan fingerprint density at radius 3 is 2.60 bits per heavy atom. The Bertz CT molecular complexity index is 672. The smallest absolute Gasteiger partial charge is 0.281 e. The van der Waals surface area contributed by atoms with Crippen molar-refractivity contribution in [1.82, 2.24) is 9.78 Å². The van der Waals surface area contributed by atoms with Crippen LogP contribution in [0.5, 0.6) is 0 Å². The highest BCUT2D eigenvalue weighted by Crippen LogP contribution is 2.31. The monoisotopic (exact) mass is 284 g/mol. The molecular formula is C11H10F2N4O3. The third-order valence-corrected chi connectivity index (χ3v) is 2.63. The van der Waals surface area contributed by atoms with Crippen LogP contribution in [0, 0.1) is 21.7 Å². The minimum atomic E-state index is -1.32. The van der Waals surface area contributed by atoms with E-state index in [4.69, 9.17) is 10.8 Å². The largest absolute Gasteiger partial charge is 0.394 e. The first-order valence-corrected chi connectivity index (χ1v) is 5.52. The molecule has 0 amide bonds. The number of nitro groups is 1. The molecule has 0 spiro atoms. The molecule has 1 aromatic heterocycles. The molecule has 106 valence electrons. The fraction of sp³-hybridized carbons (Fsp3) is 0.182. The first-order chi connectivity index (χ1) is 9.43. The van der Waals surface area contributed by atoms with E-state index in [1.54, 1.807) is 0 Å². The molecule has 1 aromatic carbocycles. The van der Waals surface area contributed by atoms with E-state index < -0.39 is 22.2 Å². The van der Waals surface area contributed by atoms with Gasteiger partial charge in [0.2, 0.25) is 0 Å². The highest BCUT2D eigenvalue weighted by atomic mass is 19.2. The molecule has 9 heteroatoms. The van der Waals surface area contributed by atoms with E-state index in [0.717, 1.165) is 0 Å². The van der Waals surface area contributed by atoms with E-state index in [1.807, 2.05) is 0 Å². The quantitative estimate of drug-likeness (QED) is 0.650. The number of anilines is 1. The number of aliphatic hydroxyl groups is 1. The van der Waals surface area contributed by atoms with Gasteiger partial charge in [0.15, 0.2) is 11.6 Å². The number of nitrogen functional groups attached to an aromatic ring is 1. The molecule has 0 bridgehead atoms. The lowest BCUT2D eigenvalue weighted by atomic mass is 10.1. The summed E-state index contributed by atoms with van der Waals surface area (Å²) in [7, 11) is 0. The van der Waals surface area contributed by atoms with Gasteiger partial charge in [0.05, 0.1) is 29.7 Å². The number of halogens is 2. The number of aliphatic hydroxyl groups excluding tert-OH is 1. The second-order valence-electron chi connectivity index (χ2n) is 3.94. The number of rotatable bonds is 4. The predicted octanol–water partition coefficient (Wildman–Crippen LogP) is 1.31. The van der Waals surface area contributed by atoms with Crippen molar-refractivity contribution in [2.45, 2.75) is 6.54 Å². The van der Waals surface area contributed by atoms with Crippen LogP contribution < -0.4 is 5.73 Å². The van der Waals surface area contributed by atoms with Crippen molar-refractivity contribution < 1.29 is 18.8 Å². The summed E-state index contributed by atoms with van der Waals surface area (Å²) in [5.74, 6) is -2.39. The molecule has 1 heterocycles.